The number of hydrogen-bond acceptors (Lipinski definition) is 6. The quantitative estimate of drug-likeness (QED) is 0.429. The molecule has 3 rings (SSSR count). The highest BCUT2D eigenvalue weighted by Crippen LogP contribution is 2.44. The van der Waals surface area contributed by atoms with E-state index in [1.165, 1.54) is 0 Å². The monoisotopic (exact) mass is 517 g/mol. The molecule has 1 aliphatic rings. The fraction of sp³-hybridized carbons (Fsp3) is 0.536. The minimum atomic E-state index is -3.53. The molecule has 198 valence electrons. The van der Waals surface area contributed by atoms with Gasteiger partial charge in [0, 0.05) is 11.3 Å². The van der Waals surface area contributed by atoms with Crippen LogP contribution in [-0.4, -0.2) is 67.6 Å². The SMILES string of the molecule is CCN(CCCCCOc1ccc([C@@H]2c3cc(C)ccc3S(=O)(=O)CC(C)(C)[C@@H]2O)cc1)CC(=O)O. The van der Waals surface area contributed by atoms with Gasteiger partial charge in [0.15, 0.2) is 9.84 Å². The molecule has 2 aromatic rings. The number of fused-ring (bicyclic) bond motifs is 1. The molecule has 7 nitrogen and oxygen atoms in total. The van der Waals surface area contributed by atoms with E-state index in [4.69, 9.17) is 9.84 Å². The van der Waals surface area contributed by atoms with Crippen LogP contribution in [0.25, 0.3) is 0 Å². The first kappa shape index (κ1) is 28.2. The maximum absolute atomic E-state index is 13.1. The molecule has 0 aromatic heterocycles. The third kappa shape index (κ3) is 6.87. The van der Waals surface area contributed by atoms with Crippen molar-refractivity contribution in [3.63, 3.8) is 0 Å². The Morgan fingerprint density at radius 3 is 2.44 bits per heavy atom. The Kier molecular flexibility index (Phi) is 9.19. The van der Waals surface area contributed by atoms with Gasteiger partial charge in [0.1, 0.15) is 5.75 Å². The first-order valence-corrected chi connectivity index (χ1v) is 14.3. The Hall–Kier alpha value is -2.42. The van der Waals surface area contributed by atoms with Gasteiger partial charge in [0.05, 0.1) is 29.9 Å². The minimum absolute atomic E-state index is 0.0716. The van der Waals surface area contributed by atoms with Gasteiger partial charge in [0.2, 0.25) is 0 Å². The number of ether oxygens (including phenoxy) is 1. The molecule has 0 saturated heterocycles. The standard InChI is InChI=1S/C28H39NO6S/c1-5-29(18-25(30)31)15-7-6-8-16-35-22-12-10-21(11-13-22)26-23-17-20(2)9-14-24(23)36(33,34)19-28(3,4)27(26)32/h9-14,17,26-27,32H,5-8,15-16,18-19H2,1-4H3,(H,30,31)/t26-,27-/m1/s1. The predicted octanol–water partition coefficient (Wildman–Crippen LogP) is 4.26. The number of aliphatic hydroxyl groups excluding tert-OH is 1. The zero-order chi connectivity index (χ0) is 26.5. The summed E-state index contributed by atoms with van der Waals surface area (Å²) in [6.07, 6.45) is 1.86. The number of carboxylic acid groups (broad SMARTS) is 1. The topological polar surface area (TPSA) is 104 Å². The maximum atomic E-state index is 13.1. The average molecular weight is 518 g/mol. The molecule has 2 atom stereocenters. The first-order valence-electron chi connectivity index (χ1n) is 12.6. The lowest BCUT2D eigenvalue weighted by molar-refractivity contribution is -0.138. The van der Waals surface area contributed by atoms with Gasteiger partial charge < -0.3 is 14.9 Å². The van der Waals surface area contributed by atoms with Crippen LogP contribution in [0.3, 0.4) is 0 Å². The molecular weight excluding hydrogens is 478 g/mol. The van der Waals surface area contributed by atoms with Crippen LogP contribution in [0.1, 0.15) is 62.6 Å². The fourth-order valence-corrected chi connectivity index (χ4v) is 7.07. The number of nitrogens with zero attached hydrogens (tertiary/aromatic N) is 1. The smallest absolute Gasteiger partial charge is 0.317 e. The molecule has 36 heavy (non-hydrogen) atoms. The van der Waals surface area contributed by atoms with Crippen LogP contribution in [0.4, 0.5) is 0 Å². The van der Waals surface area contributed by atoms with Gasteiger partial charge in [-0.05, 0) is 68.6 Å². The van der Waals surface area contributed by atoms with Crippen molar-refractivity contribution in [1.82, 2.24) is 4.90 Å². The molecule has 1 aliphatic heterocycles. The number of likely N-dealkylation sites (N-methyl/N-ethyl adjacent to an activating group) is 1. The van der Waals surface area contributed by atoms with Crippen LogP contribution < -0.4 is 4.74 Å². The van der Waals surface area contributed by atoms with Crippen LogP contribution in [0.5, 0.6) is 5.75 Å². The number of benzene rings is 2. The Bertz CT molecular complexity index is 1140. The molecule has 0 radical (unpaired) electrons. The second-order valence-electron chi connectivity index (χ2n) is 10.5. The summed E-state index contributed by atoms with van der Waals surface area (Å²) >= 11 is 0. The Morgan fingerprint density at radius 2 is 1.81 bits per heavy atom. The van der Waals surface area contributed by atoms with E-state index in [0.717, 1.165) is 49.2 Å². The van der Waals surface area contributed by atoms with Crippen molar-refractivity contribution in [2.75, 3.05) is 32.0 Å². The van der Waals surface area contributed by atoms with Gasteiger partial charge in [0.25, 0.3) is 0 Å². The Labute approximate surface area is 215 Å². The van der Waals surface area contributed by atoms with Gasteiger partial charge in [-0.15, -0.1) is 0 Å². The van der Waals surface area contributed by atoms with E-state index >= 15 is 0 Å². The lowest BCUT2D eigenvalue weighted by Crippen LogP contribution is -2.38. The molecule has 0 fully saturated rings. The number of carboxylic acids is 1. The highest BCUT2D eigenvalue weighted by atomic mass is 32.2. The van der Waals surface area contributed by atoms with E-state index in [9.17, 15) is 18.3 Å². The number of aliphatic hydroxyl groups is 1. The fourth-order valence-electron chi connectivity index (χ4n) is 4.95. The molecule has 2 N–H and O–H groups in total. The van der Waals surface area contributed by atoms with Crippen LogP contribution in [0.15, 0.2) is 47.4 Å². The number of rotatable bonds is 11. The summed E-state index contributed by atoms with van der Waals surface area (Å²) in [5, 5.41) is 20.3. The van der Waals surface area contributed by atoms with Gasteiger partial charge in [-0.2, -0.15) is 0 Å². The molecular formula is C28H39NO6S. The molecule has 0 saturated carbocycles. The van der Waals surface area contributed by atoms with Crippen molar-refractivity contribution in [2.45, 2.75) is 63.9 Å². The third-order valence-corrected chi connectivity index (χ3v) is 9.11. The van der Waals surface area contributed by atoms with Crippen molar-refractivity contribution < 1.29 is 28.2 Å². The molecule has 8 heteroatoms. The van der Waals surface area contributed by atoms with E-state index in [1.54, 1.807) is 26.0 Å². The molecule has 1 heterocycles. The highest BCUT2D eigenvalue weighted by molar-refractivity contribution is 7.91. The summed E-state index contributed by atoms with van der Waals surface area (Å²) in [6, 6.07) is 12.9. The van der Waals surface area contributed by atoms with E-state index in [1.807, 2.05) is 49.1 Å². The van der Waals surface area contributed by atoms with E-state index in [0.29, 0.717) is 17.1 Å². The van der Waals surface area contributed by atoms with Gasteiger partial charge in [-0.3, -0.25) is 9.69 Å². The molecule has 0 bridgehead atoms. The van der Waals surface area contributed by atoms with Crippen LogP contribution >= 0.6 is 0 Å². The second-order valence-corrected chi connectivity index (χ2v) is 12.4. The van der Waals surface area contributed by atoms with Crippen molar-refractivity contribution in [1.29, 1.82) is 0 Å². The van der Waals surface area contributed by atoms with Crippen molar-refractivity contribution in [2.24, 2.45) is 5.41 Å². The van der Waals surface area contributed by atoms with Crippen LogP contribution in [-0.2, 0) is 14.6 Å². The normalized spacial score (nSPS) is 20.5. The Morgan fingerprint density at radius 1 is 1.11 bits per heavy atom. The number of sulfone groups is 1. The molecule has 2 aromatic carbocycles. The van der Waals surface area contributed by atoms with Gasteiger partial charge in [-0.1, -0.05) is 50.6 Å². The summed E-state index contributed by atoms with van der Waals surface area (Å²) < 4.78 is 32.2. The lowest BCUT2D eigenvalue weighted by atomic mass is 9.75. The molecule has 0 unspecified atom stereocenters. The summed E-state index contributed by atoms with van der Waals surface area (Å²) in [5.41, 5.74) is 1.63. The minimum Gasteiger partial charge on any atom is -0.494 e. The van der Waals surface area contributed by atoms with Crippen molar-refractivity contribution >= 4 is 15.8 Å². The molecule has 0 amide bonds. The zero-order valence-electron chi connectivity index (χ0n) is 21.7. The van der Waals surface area contributed by atoms with Gasteiger partial charge in [-0.25, -0.2) is 8.42 Å². The lowest BCUT2D eigenvalue weighted by Gasteiger charge is -2.33. The number of aliphatic carboxylic acids is 1. The van der Waals surface area contributed by atoms with Gasteiger partial charge >= 0.3 is 5.97 Å². The van der Waals surface area contributed by atoms with Crippen molar-refractivity contribution in [3.8, 4) is 5.75 Å². The number of unbranched alkanes of at least 4 members (excludes halogenated alkanes) is 2. The van der Waals surface area contributed by atoms with E-state index in [2.05, 4.69) is 0 Å². The van der Waals surface area contributed by atoms with E-state index < -0.39 is 33.2 Å². The summed E-state index contributed by atoms with van der Waals surface area (Å²) in [7, 11) is -3.53. The molecule has 0 aliphatic carbocycles. The summed E-state index contributed by atoms with van der Waals surface area (Å²) in [5.74, 6) is -0.655. The maximum Gasteiger partial charge on any atom is 0.317 e. The van der Waals surface area contributed by atoms with Crippen LogP contribution in [0, 0.1) is 12.3 Å². The first-order chi connectivity index (χ1) is 16.9. The number of carbonyl (C=O) groups is 1. The molecule has 0 spiro atoms. The van der Waals surface area contributed by atoms with E-state index in [-0.39, 0.29) is 12.3 Å². The zero-order valence-corrected chi connectivity index (χ0v) is 22.6. The predicted molar refractivity (Wildman–Crippen MR) is 140 cm³/mol. The number of hydrogen-bond donors (Lipinski definition) is 2. The summed E-state index contributed by atoms with van der Waals surface area (Å²) in [6.45, 7) is 9.61. The summed E-state index contributed by atoms with van der Waals surface area (Å²) in [4.78, 5) is 13.1. The second kappa shape index (κ2) is 11.8. The highest BCUT2D eigenvalue weighted by Gasteiger charge is 2.44. The average Bonchev–Trinajstić information content (AvgIpc) is 2.85. The van der Waals surface area contributed by atoms with Crippen molar-refractivity contribution in [3.05, 3.63) is 59.2 Å². The van der Waals surface area contributed by atoms with Crippen LogP contribution in [0.2, 0.25) is 0 Å². The third-order valence-electron chi connectivity index (χ3n) is 6.95. The largest absolute Gasteiger partial charge is 0.494 e. The number of aryl methyl sites for hydroxylation is 1. The Balaban J connectivity index is 1.67.